The average Bonchev–Trinajstić information content (AvgIpc) is 2.44. The Labute approximate surface area is 89.3 Å². The van der Waals surface area contributed by atoms with E-state index < -0.39 is 31.8 Å². The number of carbonyl (C=O) groups excluding carboxylic acids is 1. The van der Waals surface area contributed by atoms with Crippen LogP contribution >= 0.6 is 0 Å². The van der Waals surface area contributed by atoms with E-state index in [1.165, 1.54) is 11.8 Å². The largest absolute Gasteiger partial charge is 0.403 e. The van der Waals surface area contributed by atoms with Crippen LogP contribution in [0.5, 0.6) is 0 Å². The van der Waals surface area contributed by atoms with E-state index in [4.69, 9.17) is 0 Å². The summed E-state index contributed by atoms with van der Waals surface area (Å²) in [5.74, 6) is -0.878. The van der Waals surface area contributed by atoms with Gasteiger partial charge >= 0.3 is 11.8 Å². The number of sulfonamides is 1. The van der Waals surface area contributed by atoms with E-state index in [2.05, 4.69) is 10.7 Å². The minimum atomic E-state index is -4.39. The van der Waals surface area contributed by atoms with Crippen molar-refractivity contribution in [2.24, 2.45) is 12.8 Å². The van der Waals surface area contributed by atoms with E-state index >= 15 is 0 Å². The van der Waals surface area contributed by atoms with Gasteiger partial charge in [-0.15, -0.1) is 0 Å². The summed E-state index contributed by atoms with van der Waals surface area (Å²) in [6.07, 6.45) is 0.938. The Morgan fingerprint density at radius 3 is 2.69 bits per heavy atom. The summed E-state index contributed by atoms with van der Waals surface area (Å²) in [4.78, 5) is 23.2. The van der Waals surface area contributed by atoms with E-state index in [0.29, 0.717) is 0 Å². The van der Waals surface area contributed by atoms with Crippen LogP contribution in [0.1, 0.15) is 0 Å². The normalized spacial score (nSPS) is 11.1. The monoisotopic (exact) mass is 249 g/mol. The zero-order chi connectivity index (χ0) is 12.5. The predicted molar refractivity (Wildman–Crippen MR) is 49.8 cm³/mol. The number of nitrogens with two attached hydrogens (primary N) is 1. The van der Waals surface area contributed by atoms with Crippen molar-refractivity contribution in [1.29, 1.82) is 0 Å². The molecule has 2 amide bonds. The molecule has 0 aliphatic rings. The molecule has 1 aromatic heterocycles. The van der Waals surface area contributed by atoms with Gasteiger partial charge in [-0.3, -0.25) is 4.57 Å². The van der Waals surface area contributed by atoms with Crippen molar-refractivity contribution in [2.45, 2.75) is 5.03 Å². The Morgan fingerprint density at radius 1 is 1.69 bits per heavy atom. The Balaban J connectivity index is 3.37. The molecule has 1 aromatic rings. The van der Waals surface area contributed by atoms with Crippen molar-refractivity contribution in [3.8, 4) is 0 Å². The van der Waals surface area contributed by atoms with Crippen molar-refractivity contribution in [1.82, 2.24) is 14.3 Å². The van der Waals surface area contributed by atoms with Gasteiger partial charge in [0.05, 0.1) is 0 Å². The molecule has 0 aliphatic carbocycles. The van der Waals surface area contributed by atoms with Crippen LogP contribution in [0, 0.1) is 10.1 Å². The molecule has 0 fully saturated rings. The average molecular weight is 249 g/mol. The fraction of sp³-hybridized carbons (Fsp3) is 0.200. The van der Waals surface area contributed by atoms with Gasteiger partial charge in [-0.1, -0.05) is 0 Å². The topological polar surface area (TPSA) is 150 Å². The molecule has 0 unspecified atom stereocenters. The molecule has 16 heavy (non-hydrogen) atoms. The summed E-state index contributed by atoms with van der Waals surface area (Å²) < 4.78 is 25.2. The quantitative estimate of drug-likeness (QED) is 0.501. The molecule has 1 heterocycles. The maximum atomic E-state index is 11.5. The van der Waals surface area contributed by atoms with E-state index in [1.54, 1.807) is 0 Å². The fourth-order valence-electron chi connectivity index (χ4n) is 1.02. The van der Waals surface area contributed by atoms with E-state index in [1.807, 2.05) is 0 Å². The van der Waals surface area contributed by atoms with Crippen LogP contribution in [0.4, 0.5) is 10.6 Å². The summed E-state index contributed by atoms with van der Waals surface area (Å²) in [5, 5.41) is 9.75. The molecular formula is C5H7N5O5S. The molecule has 10 nitrogen and oxygen atoms in total. The maximum absolute atomic E-state index is 11.5. The number of urea groups is 1. The molecule has 0 saturated carbocycles. The number of aromatic nitrogens is 2. The lowest BCUT2D eigenvalue weighted by Gasteiger charge is -2.03. The summed E-state index contributed by atoms with van der Waals surface area (Å²) in [6, 6.07) is -1.34. The van der Waals surface area contributed by atoms with E-state index in [9.17, 15) is 23.3 Å². The van der Waals surface area contributed by atoms with Gasteiger partial charge in [-0.05, 0) is 9.91 Å². The second kappa shape index (κ2) is 3.77. The number of carbonyl (C=O) groups is 1. The summed E-state index contributed by atoms with van der Waals surface area (Å²) in [6.45, 7) is 0. The van der Waals surface area contributed by atoms with Crippen LogP contribution in [-0.2, 0) is 17.1 Å². The van der Waals surface area contributed by atoms with Crippen LogP contribution in [-0.4, -0.2) is 28.9 Å². The van der Waals surface area contributed by atoms with Crippen LogP contribution in [0.25, 0.3) is 0 Å². The second-order valence-electron chi connectivity index (χ2n) is 2.71. The molecule has 1 rings (SSSR count). The molecule has 11 heteroatoms. The first-order valence-electron chi connectivity index (χ1n) is 3.73. The number of imidazole rings is 1. The van der Waals surface area contributed by atoms with Gasteiger partial charge in [0, 0.05) is 7.05 Å². The predicted octanol–water partition coefficient (Wildman–Crippen LogP) is -1.31. The first-order chi connectivity index (χ1) is 7.25. The first kappa shape index (κ1) is 11.9. The molecule has 0 radical (unpaired) electrons. The standard InChI is InChI=1S/C5H7N5O5S/c1-9-2-7-3(10(12)13)4(9)16(14,15)8-5(6)11/h2H,1H3,(H3,6,8,11). The van der Waals surface area contributed by atoms with Gasteiger partial charge in [0.2, 0.25) is 6.33 Å². The molecule has 0 bridgehead atoms. The van der Waals surface area contributed by atoms with E-state index in [0.717, 1.165) is 10.9 Å². The molecule has 0 saturated heterocycles. The molecule has 0 aliphatic heterocycles. The minimum Gasteiger partial charge on any atom is -0.358 e. The number of nitrogens with zero attached hydrogens (tertiary/aromatic N) is 3. The molecule has 88 valence electrons. The molecule has 0 aromatic carbocycles. The van der Waals surface area contributed by atoms with Crippen LogP contribution in [0.15, 0.2) is 11.4 Å². The van der Waals surface area contributed by atoms with Gasteiger partial charge in [0.25, 0.3) is 15.0 Å². The number of primary amides is 1. The summed E-state index contributed by atoms with van der Waals surface area (Å²) in [5.41, 5.74) is 4.63. The molecule has 0 atom stereocenters. The van der Waals surface area contributed by atoms with Crippen molar-refractivity contribution in [3.05, 3.63) is 16.4 Å². The lowest BCUT2D eigenvalue weighted by Crippen LogP contribution is -2.36. The van der Waals surface area contributed by atoms with Gasteiger partial charge in [-0.25, -0.2) is 9.52 Å². The highest BCUT2D eigenvalue weighted by Crippen LogP contribution is 2.20. The molecule has 0 spiro atoms. The zero-order valence-corrected chi connectivity index (χ0v) is 8.76. The van der Waals surface area contributed by atoms with E-state index in [-0.39, 0.29) is 0 Å². The lowest BCUT2D eigenvalue weighted by atomic mass is 10.8. The summed E-state index contributed by atoms with van der Waals surface area (Å²) >= 11 is 0. The van der Waals surface area contributed by atoms with Crippen LogP contribution in [0.2, 0.25) is 0 Å². The fourth-order valence-corrected chi connectivity index (χ4v) is 2.18. The van der Waals surface area contributed by atoms with Gasteiger partial charge in [0.15, 0.2) is 0 Å². The molecular weight excluding hydrogens is 242 g/mol. The minimum absolute atomic E-state index is 0.740. The number of nitro groups is 1. The number of rotatable bonds is 3. The van der Waals surface area contributed by atoms with Crippen molar-refractivity contribution in [3.63, 3.8) is 0 Å². The third-order valence-electron chi connectivity index (χ3n) is 1.53. The smallest absolute Gasteiger partial charge is 0.358 e. The third kappa shape index (κ3) is 2.08. The Hall–Kier alpha value is -2.17. The van der Waals surface area contributed by atoms with Crippen molar-refractivity contribution in [2.75, 3.05) is 0 Å². The third-order valence-corrected chi connectivity index (χ3v) is 2.98. The number of amides is 2. The highest BCUT2D eigenvalue weighted by Gasteiger charge is 2.32. The number of hydrogen-bond acceptors (Lipinski definition) is 6. The lowest BCUT2D eigenvalue weighted by molar-refractivity contribution is -0.392. The number of nitrogens with one attached hydrogen (secondary N) is 1. The zero-order valence-electron chi connectivity index (χ0n) is 7.95. The van der Waals surface area contributed by atoms with Gasteiger partial charge in [-0.2, -0.15) is 8.42 Å². The Bertz CT molecular complexity index is 546. The van der Waals surface area contributed by atoms with Crippen LogP contribution in [0.3, 0.4) is 0 Å². The SMILES string of the molecule is Cn1cnc([N+](=O)[O-])c1S(=O)(=O)NC(N)=O. The highest BCUT2D eigenvalue weighted by atomic mass is 32.2. The number of aryl methyl sites for hydroxylation is 1. The Morgan fingerprint density at radius 2 is 2.25 bits per heavy atom. The number of hydrogen-bond donors (Lipinski definition) is 2. The molecule has 3 N–H and O–H groups in total. The first-order valence-corrected chi connectivity index (χ1v) is 5.22. The van der Waals surface area contributed by atoms with Crippen LogP contribution < -0.4 is 10.5 Å². The highest BCUT2D eigenvalue weighted by molar-refractivity contribution is 7.90. The van der Waals surface area contributed by atoms with Gasteiger partial charge in [0.1, 0.15) is 0 Å². The Kier molecular flexibility index (Phi) is 2.80. The van der Waals surface area contributed by atoms with Crippen molar-refractivity contribution >= 4 is 21.9 Å². The van der Waals surface area contributed by atoms with Gasteiger partial charge < -0.3 is 15.8 Å². The van der Waals surface area contributed by atoms with Crippen molar-refractivity contribution < 1.29 is 18.1 Å². The summed E-state index contributed by atoms with van der Waals surface area (Å²) in [7, 11) is -3.16. The maximum Gasteiger partial charge on any atom is 0.403 e. The second-order valence-corrected chi connectivity index (χ2v) is 4.31.